The van der Waals surface area contributed by atoms with Gasteiger partial charge in [-0.25, -0.2) is 0 Å². The molecule has 0 saturated carbocycles. The Bertz CT molecular complexity index is 286. The van der Waals surface area contributed by atoms with Crippen LogP contribution in [0.25, 0.3) is 0 Å². The van der Waals surface area contributed by atoms with Crippen molar-refractivity contribution < 1.29 is 5.21 Å². The first-order valence-corrected chi connectivity index (χ1v) is 3.83. The van der Waals surface area contributed by atoms with Crippen molar-refractivity contribution in [2.45, 2.75) is 6.92 Å². The Labute approximate surface area is 72.9 Å². The number of hydrogen-bond donors (Lipinski definition) is 1. The largest absolute Gasteiger partial charge is 0.411 e. The van der Waals surface area contributed by atoms with Crippen molar-refractivity contribution in [3.8, 4) is 0 Å². The van der Waals surface area contributed by atoms with Crippen LogP contribution in [-0.4, -0.2) is 16.4 Å². The van der Waals surface area contributed by atoms with E-state index in [0.29, 0.717) is 5.69 Å². The van der Waals surface area contributed by atoms with Crippen molar-refractivity contribution in [1.82, 2.24) is 4.98 Å². The topological polar surface area (TPSA) is 45.5 Å². The third-order valence-corrected chi connectivity index (χ3v) is 2.09. The van der Waals surface area contributed by atoms with Crippen LogP contribution >= 0.6 is 15.9 Å². The highest BCUT2D eigenvalue weighted by Gasteiger charge is 1.95. The number of aryl methyl sites for hydroxylation is 1. The lowest BCUT2D eigenvalue weighted by atomic mass is 10.2. The van der Waals surface area contributed by atoms with Gasteiger partial charge in [-0.1, -0.05) is 5.16 Å². The second-order valence-corrected chi connectivity index (χ2v) is 2.96. The highest BCUT2D eigenvalue weighted by molar-refractivity contribution is 9.10. The quantitative estimate of drug-likeness (QED) is 0.442. The summed E-state index contributed by atoms with van der Waals surface area (Å²) < 4.78 is 0.951. The highest BCUT2D eigenvalue weighted by Crippen LogP contribution is 2.13. The molecule has 0 spiro atoms. The van der Waals surface area contributed by atoms with Gasteiger partial charge in [0.15, 0.2) is 0 Å². The first-order valence-electron chi connectivity index (χ1n) is 3.03. The lowest BCUT2D eigenvalue weighted by Crippen LogP contribution is -1.88. The Morgan fingerprint density at radius 1 is 1.73 bits per heavy atom. The van der Waals surface area contributed by atoms with Gasteiger partial charge < -0.3 is 5.21 Å². The molecule has 1 rings (SSSR count). The summed E-state index contributed by atoms with van der Waals surface area (Å²) in [4.78, 5) is 3.97. The second kappa shape index (κ2) is 3.48. The van der Waals surface area contributed by atoms with Gasteiger partial charge in [0.25, 0.3) is 0 Å². The predicted molar refractivity (Wildman–Crippen MR) is 46.1 cm³/mol. The van der Waals surface area contributed by atoms with E-state index >= 15 is 0 Å². The van der Waals surface area contributed by atoms with Gasteiger partial charge in [0, 0.05) is 10.7 Å². The molecule has 58 valence electrons. The number of oxime groups is 1. The van der Waals surface area contributed by atoms with Gasteiger partial charge in [-0.05, 0) is 34.5 Å². The van der Waals surface area contributed by atoms with Crippen LogP contribution in [0.4, 0.5) is 0 Å². The molecule has 0 radical (unpaired) electrons. The van der Waals surface area contributed by atoms with Crippen LogP contribution in [0.5, 0.6) is 0 Å². The van der Waals surface area contributed by atoms with Crippen LogP contribution in [-0.2, 0) is 0 Å². The molecule has 3 nitrogen and oxygen atoms in total. The first kappa shape index (κ1) is 8.20. The fourth-order valence-electron chi connectivity index (χ4n) is 0.691. The first-order chi connectivity index (χ1) is 5.24. The minimum atomic E-state index is 0.646. The lowest BCUT2D eigenvalue weighted by molar-refractivity contribution is 0.321. The fourth-order valence-corrected chi connectivity index (χ4v) is 0.908. The maximum atomic E-state index is 8.20. The monoisotopic (exact) mass is 214 g/mol. The van der Waals surface area contributed by atoms with Crippen LogP contribution in [0.15, 0.2) is 21.9 Å². The lowest BCUT2D eigenvalue weighted by Gasteiger charge is -1.96. The molecule has 0 aliphatic rings. The SMILES string of the molecule is Cc1cc(C=NO)ncc1Br. The molecule has 0 amide bonds. The van der Waals surface area contributed by atoms with Crippen molar-refractivity contribution in [1.29, 1.82) is 0 Å². The Kier molecular flexibility index (Phi) is 2.59. The number of aromatic nitrogens is 1. The van der Waals surface area contributed by atoms with Crippen molar-refractivity contribution in [3.63, 3.8) is 0 Å². The standard InChI is InChI=1S/C7H7BrN2O/c1-5-2-6(3-10-11)9-4-7(5)8/h2-4,11H,1H3. The molecule has 0 unspecified atom stereocenters. The third kappa shape index (κ3) is 2.01. The fraction of sp³-hybridized carbons (Fsp3) is 0.143. The number of pyridine rings is 1. The van der Waals surface area contributed by atoms with Crippen molar-refractivity contribution in [3.05, 3.63) is 28.0 Å². The molecule has 0 bridgehead atoms. The average Bonchev–Trinajstić information content (AvgIpc) is 1.98. The normalized spacial score (nSPS) is 10.7. The van der Waals surface area contributed by atoms with E-state index in [0.717, 1.165) is 10.0 Å². The van der Waals surface area contributed by atoms with Crippen LogP contribution in [0.3, 0.4) is 0 Å². The zero-order chi connectivity index (χ0) is 8.27. The van der Waals surface area contributed by atoms with E-state index in [1.807, 2.05) is 13.0 Å². The maximum Gasteiger partial charge on any atom is 0.0918 e. The van der Waals surface area contributed by atoms with E-state index in [-0.39, 0.29) is 0 Å². The zero-order valence-corrected chi connectivity index (χ0v) is 7.54. The minimum absolute atomic E-state index is 0.646. The molecule has 1 heterocycles. The molecule has 0 aromatic carbocycles. The molecule has 0 saturated heterocycles. The van der Waals surface area contributed by atoms with Gasteiger partial charge in [-0.2, -0.15) is 0 Å². The maximum absolute atomic E-state index is 8.20. The average molecular weight is 215 g/mol. The summed E-state index contributed by atoms with van der Waals surface area (Å²) in [5.41, 5.74) is 1.71. The summed E-state index contributed by atoms with van der Waals surface area (Å²) >= 11 is 3.31. The summed E-state index contributed by atoms with van der Waals surface area (Å²) in [5, 5.41) is 11.1. The van der Waals surface area contributed by atoms with E-state index in [2.05, 4.69) is 26.1 Å². The third-order valence-electron chi connectivity index (χ3n) is 1.26. The van der Waals surface area contributed by atoms with Gasteiger partial charge in [-0.3, -0.25) is 4.98 Å². The van der Waals surface area contributed by atoms with Crippen LogP contribution in [0.2, 0.25) is 0 Å². The number of hydrogen-bond acceptors (Lipinski definition) is 3. The smallest absolute Gasteiger partial charge is 0.0918 e. The molecule has 1 aromatic heterocycles. The van der Waals surface area contributed by atoms with Crippen LogP contribution in [0.1, 0.15) is 11.3 Å². The highest BCUT2D eigenvalue weighted by atomic mass is 79.9. The van der Waals surface area contributed by atoms with Gasteiger partial charge >= 0.3 is 0 Å². The molecule has 0 aliphatic heterocycles. The second-order valence-electron chi connectivity index (χ2n) is 2.10. The Balaban J connectivity index is 3.05. The summed E-state index contributed by atoms with van der Waals surface area (Å²) in [6.07, 6.45) is 2.96. The van der Waals surface area contributed by atoms with Gasteiger partial charge in [-0.15, -0.1) is 0 Å². The molecular weight excluding hydrogens is 208 g/mol. The van der Waals surface area contributed by atoms with Crippen molar-refractivity contribution >= 4 is 22.1 Å². The molecule has 11 heavy (non-hydrogen) atoms. The summed E-state index contributed by atoms with van der Waals surface area (Å²) in [7, 11) is 0. The number of nitrogens with zero attached hydrogens (tertiary/aromatic N) is 2. The number of rotatable bonds is 1. The van der Waals surface area contributed by atoms with Gasteiger partial charge in [0.1, 0.15) is 0 Å². The predicted octanol–water partition coefficient (Wildman–Crippen LogP) is 1.96. The minimum Gasteiger partial charge on any atom is -0.411 e. The van der Waals surface area contributed by atoms with Gasteiger partial charge in [0.05, 0.1) is 11.9 Å². The molecule has 0 fully saturated rings. The van der Waals surface area contributed by atoms with E-state index in [1.165, 1.54) is 6.21 Å². The summed E-state index contributed by atoms with van der Waals surface area (Å²) in [6, 6.07) is 1.82. The number of halogens is 1. The summed E-state index contributed by atoms with van der Waals surface area (Å²) in [6.45, 7) is 1.94. The molecule has 0 atom stereocenters. The Morgan fingerprint density at radius 2 is 2.45 bits per heavy atom. The molecule has 4 heteroatoms. The van der Waals surface area contributed by atoms with Gasteiger partial charge in [0.2, 0.25) is 0 Å². The van der Waals surface area contributed by atoms with E-state index in [9.17, 15) is 0 Å². The zero-order valence-electron chi connectivity index (χ0n) is 5.95. The van der Waals surface area contributed by atoms with E-state index < -0.39 is 0 Å². The molecule has 1 N–H and O–H groups in total. The summed E-state index contributed by atoms with van der Waals surface area (Å²) in [5.74, 6) is 0. The van der Waals surface area contributed by atoms with E-state index in [1.54, 1.807) is 6.20 Å². The van der Waals surface area contributed by atoms with Crippen LogP contribution in [0, 0.1) is 6.92 Å². The van der Waals surface area contributed by atoms with Crippen molar-refractivity contribution in [2.24, 2.45) is 5.16 Å². The molecule has 0 aliphatic carbocycles. The Morgan fingerprint density at radius 3 is 3.00 bits per heavy atom. The Hall–Kier alpha value is -0.900. The molecule has 1 aromatic rings. The molecular formula is C7H7BrN2O. The van der Waals surface area contributed by atoms with Crippen molar-refractivity contribution in [2.75, 3.05) is 0 Å². The van der Waals surface area contributed by atoms with Crippen LogP contribution < -0.4 is 0 Å². The van der Waals surface area contributed by atoms with E-state index in [4.69, 9.17) is 5.21 Å².